The predicted molar refractivity (Wildman–Crippen MR) is 115 cm³/mol. The average molecular weight is 435 g/mol. The van der Waals surface area contributed by atoms with Crippen LogP contribution in [0.5, 0.6) is 5.75 Å². The van der Waals surface area contributed by atoms with Crippen molar-refractivity contribution >= 4 is 39.3 Å². The van der Waals surface area contributed by atoms with Crippen LogP contribution in [0.25, 0.3) is 6.08 Å². The van der Waals surface area contributed by atoms with Gasteiger partial charge < -0.3 is 10.1 Å². The largest absolute Gasteiger partial charge is 0.495 e. The maximum absolute atomic E-state index is 13.1. The van der Waals surface area contributed by atoms with E-state index in [-0.39, 0.29) is 16.6 Å². The van der Waals surface area contributed by atoms with Crippen LogP contribution in [0, 0.1) is 0 Å². The highest BCUT2D eigenvalue weighted by atomic mass is 35.5. The van der Waals surface area contributed by atoms with E-state index < -0.39 is 10.0 Å². The van der Waals surface area contributed by atoms with E-state index in [2.05, 4.69) is 5.32 Å². The van der Waals surface area contributed by atoms with Gasteiger partial charge in [-0.2, -0.15) is 4.31 Å². The number of carbonyl (C=O) groups is 1. The number of hydrogen-bond acceptors (Lipinski definition) is 4. The zero-order valence-corrected chi connectivity index (χ0v) is 17.7. The van der Waals surface area contributed by atoms with Crippen LogP contribution in [0.1, 0.15) is 24.8 Å². The first kappa shape index (κ1) is 21.4. The van der Waals surface area contributed by atoms with Gasteiger partial charge in [0.2, 0.25) is 15.9 Å². The van der Waals surface area contributed by atoms with Crippen molar-refractivity contribution in [3.63, 3.8) is 0 Å². The Bertz CT molecular complexity index is 998. The Kier molecular flexibility index (Phi) is 6.95. The molecule has 1 heterocycles. The van der Waals surface area contributed by atoms with Crippen molar-refractivity contribution in [2.75, 3.05) is 25.5 Å². The Labute approximate surface area is 176 Å². The van der Waals surface area contributed by atoms with Gasteiger partial charge in [0.15, 0.2) is 0 Å². The van der Waals surface area contributed by atoms with Gasteiger partial charge in [-0.05, 0) is 54.8 Å². The quantitative estimate of drug-likeness (QED) is 0.692. The molecule has 3 rings (SSSR count). The molecule has 8 heteroatoms. The molecule has 0 aromatic heterocycles. The van der Waals surface area contributed by atoms with Gasteiger partial charge in [-0.3, -0.25) is 4.79 Å². The minimum atomic E-state index is -3.70. The van der Waals surface area contributed by atoms with Crippen LogP contribution in [-0.2, 0) is 14.8 Å². The van der Waals surface area contributed by atoms with Gasteiger partial charge in [-0.15, -0.1) is 0 Å². The number of amides is 1. The number of anilines is 1. The molecule has 1 aliphatic heterocycles. The lowest BCUT2D eigenvalue weighted by Gasteiger charge is -2.26. The third-order valence-corrected chi connectivity index (χ3v) is 6.83. The highest BCUT2D eigenvalue weighted by Gasteiger charge is 2.29. The summed E-state index contributed by atoms with van der Waals surface area (Å²) in [4.78, 5) is 12.3. The van der Waals surface area contributed by atoms with Crippen molar-refractivity contribution in [2.45, 2.75) is 24.2 Å². The maximum Gasteiger partial charge on any atom is 0.248 e. The summed E-state index contributed by atoms with van der Waals surface area (Å²) >= 11 is 5.85. The smallest absolute Gasteiger partial charge is 0.248 e. The summed E-state index contributed by atoms with van der Waals surface area (Å²) in [6.07, 6.45) is 5.74. The van der Waals surface area contributed by atoms with E-state index in [9.17, 15) is 13.2 Å². The van der Waals surface area contributed by atoms with Gasteiger partial charge in [0, 0.05) is 29.9 Å². The van der Waals surface area contributed by atoms with E-state index in [1.807, 2.05) is 0 Å². The van der Waals surface area contributed by atoms with Crippen molar-refractivity contribution in [3.8, 4) is 5.75 Å². The number of halogens is 1. The van der Waals surface area contributed by atoms with Crippen molar-refractivity contribution in [1.82, 2.24) is 4.31 Å². The minimum Gasteiger partial charge on any atom is -0.495 e. The second-order valence-electron chi connectivity index (χ2n) is 6.70. The monoisotopic (exact) mass is 434 g/mol. The van der Waals surface area contributed by atoms with Crippen molar-refractivity contribution < 1.29 is 17.9 Å². The van der Waals surface area contributed by atoms with Crippen LogP contribution in [0.4, 0.5) is 5.69 Å². The van der Waals surface area contributed by atoms with Crippen LogP contribution >= 0.6 is 11.6 Å². The number of ether oxygens (including phenoxy) is 1. The number of piperidine rings is 1. The molecule has 0 aliphatic carbocycles. The van der Waals surface area contributed by atoms with Gasteiger partial charge in [0.1, 0.15) is 10.6 Å². The summed E-state index contributed by atoms with van der Waals surface area (Å²) in [7, 11) is -2.27. The van der Waals surface area contributed by atoms with Crippen LogP contribution < -0.4 is 10.1 Å². The fourth-order valence-electron chi connectivity index (χ4n) is 3.13. The summed E-state index contributed by atoms with van der Waals surface area (Å²) in [5.41, 5.74) is 1.21. The number of sulfonamides is 1. The molecule has 0 bridgehead atoms. The molecule has 1 amide bonds. The molecule has 154 valence electrons. The summed E-state index contributed by atoms with van der Waals surface area (Å²) in [6.45, 7) is 0.984. The molecule has 0 saturated carbocycles. The van der Waals surface area contributed by atoms with Gasteiger partial charge in [0.05, 0.1) is 7.11 Å². The SMILES string of the molecule is COc1ccc(NC(=O)/C=C/c2ccc(Cl)cc2)cc1S(=O)(=O)N1CCCCC1. The van der Waals surface area contributed by atoms with Crippen molar-refractivity contribution in [2.24, 2.45) is 0 Å². The Balaban J connectivity index is 1.79. The van der Waals surface area contributed by atoms with Crippen LogP contribution in [0.2, 0.25) is 5.02 Å². The van der Waals surface area contributed by atoms with Crippen LogP contribution in [0.3, 0.4) is 0 Å². The number of benzene rings is 2. The van der Waals surface area contributed by atoms with Gasteiger partial charge in [-0.25, -0.2) is 8.42 Å². The number of rotatable bonds is 6. The molecule has 1 N–H and O–H groups in total. The van der Waals surface area contributed by atoms with Gasteiger partial charge in [0.25, 0.3) is 0 Å². The zero-order valence-electron chi connectivity index (χ0n) is 16.1. The average Bonchev–Trinajstić information content (AvgIpc) is 2.74. The molecule has 1 aliphatic rings. The third kappa shape index (κ3) is 5.38. The van der Waals surface area contributed by atoms with Gasteiger partial charge in [-0.1, -0.05) is 30.2 Å². The second kappa shape index (κ2) is 9.43. The molecule has 0 radical (unpaired) electrons. The molecular formula is C21H23ClN2O4S. The number of carbonyl (C=O) groups excluding carboxylic acids is 1. The molecule has 2 aromatic carbocycles. The Morgan fingerprint density at radius 3 is 2.45 bits per heavy atom. The number of nitrogens with zero attached hydrogens (tertiary/aromatic N) is 1. The summed E-state index contributed by atoms with van der Waals surface area (Å²) in [5.74, 6) is -0.114. The fourth-order valence-corrected chi connectivity index (χ4v) is 4.95. The van der Waals surface area contributed by atoms with E-state index in [4.69, 9.17) is 16.3 Å². The van der Waals surface area contributed by atoms with E-state index in [1.54, 1.807) is 42.5 Å². The topological polar surface area (TPSA) is 75.7 Å². The lowest BCUT2D eigenvalue weighted by molar-refractivity contribution is -0.111. The van der Waals surface area contributed by atoms with E-state index in [1.165, 1.54) is 23.6 Å². The van der Waals surface area contributed by atoms with Crippen LogP contribution in [-0.4, -0.2) is 38.8 Å². The van der Waals surface area contributed by atoms with E-state index in [0.717, 1.165) is 24.8 Å². The summed E-state index contributed by atoms with van der Waals surface area (Å²) < 4.78 is 32.8. The molecule has 0 spiro atoms. The zero-order chi connectivity index (χ0) is 20.9. The molecule has 2 aromatic rings. The Morgan fingerprint density at radius 1 is 1.10 bits per heavy atom. The molecule has 29 heavy (non-hydrogen) atoms. The number of hydrogen-bond donors (Lipinski definition) is 1. The highest BCUT2D eigenvalue weighted by molar-refractivity contribution is 7.89. The molecule has 1 fully saturated rings. The summed E-state index contributed by atoms with van der Waals surface area (Å²) in [6, 6.07) is 11.7. The molecule has 1 saturated heterocycles. The first-order chi connectivity index (χ1) is 13.9. The molecule has 0 unspecified atom stereocenters. The maximum atomic E-state index is 13.1. The molecule has 6 nitrogen and oxygen atoms in total. The number of nitrogens with one attached hydrogen (secondary N) is 1. The molecular weight excluding hydrogens is 412 g/mol. The second-order valence-corrected chi connectivity index (χ2v) is 9.05. The normalized spacial score (nSPS) is 15.4. The van der Waals surface area contributed by atoms with Gasteiger partial charge >= 0.3 is 0 Å². The highest BCUT2D eigenvalue weighted by Crippen LogP contribution is 2.31. The van der Waals surface area contributed by atoms with E-state index >= 15 is 0 Å². The number of methoxy groups -OCH3 is 1. The first-order valence-electron chi connectivity index (χ1n) is 9.33. The predicted octanol–water partition coefficient (Wildman–Crippen LogP) is 4.18. The van der Waals surface area contributed by atoms with Crippen molar-refractivity contribution in [1.29, 1.82) is 0 Å². The standard InChI is InChI=1S/C21H23ClN2O4S/c1-28-19-11-10-18(15-20(19)29(26,27)24-13-3-2-4-14-24)23-21(25)12-7-16-5-8-17(22)9-6-16/h5-12,15H,2-4,13-14H2,1H3,(H,23,25)/b12-7+. The lowest BCUT2D eigenvalue weighted by Crippen LogP contribution is -2.35. The van der Waals surface area contributed by atoms with Crippen LogP contribution in [0.15, 0.2) is 53.4 Å². The third-order valence-electron chi connectivity index (χ3n) is 4.66. The Morgan fingerprint density at radius 2 is 1.79 bits per heavy atom. The van der Waals surface area contributed by atoms with E-state index in [0.29, 0.717) is 23.8 Å². The fraction of sp³-hybridized carbons (Fsp3) is 0.286. The Hall–Kier alpha value is -2.35. The van der Waals surface area contributed by atoms with Crippen molar-refractivity contribution in [3.05, 3.63) is 59.1 Å². The molecule has 0 atom stereocenters. The lowest BCUT2D eigenvalue weighted by atomic mass is 10.2. The minimum absolute atomic E-state index is 0.0568. The first-order valence-corrected chi connectivity index (χ1v) is 11.1. The summed E-state index contributed by atoms with van der Waals surface area (Å²) in [5, 5.41) is 3.32.